The molecule has 0 amide bonds. The van der Waals surface area contributed by atoms with Gasteiger partial charge in [0.2, 0.25) is 5.76 Å². The van der Waals surface area contributed by atoms with Crippen LogP contribution in [0, 0.1) is 13.8 Å². The Hall–Kier alpha value is -2.04. The summed E-state index contributed by atoms with van der Waals surface area (Å²) in [4.78, 5) is 0.765. The zero-order valence-corrected chi connectivity index (χ0v) is 16.3. The monoisotopic (exact) mass is 436 g/mol. The molecule has 27 heavy (non-hydrogen) atoms. The molecule has 0 aliphatic rings. The SMILES string of the molecule is Cc1sc(C)c(S(=O)(=O)Nc2cccc(Cl)c2)c1-c1cc(C(F)(F)F)on1. The Balaban J connectivity index is 2.10. The summed E-state index contributed by atoms with van der Waals surface area (Å²) < 4.78 is 71.0. The van der Waals surface area contributed by atoms with Crippen molar-refractivity contribution >= 4 is 38.6 Å². The van der Waals surface area contributed by atoms with Crippen LogP contribution in [0.15, 0.2) is 39.8 Å². The van der Waals surface area contributed by atoms with Crippen molar-refractivity contribution in [2.45, 2.75) is 24.9 Å². The molecular formula is C16H12ClF3N2O3S2. The van der Waals surface area contributed by atoms with Gasteiger partial charge in [-0.3, -0.25) is 4.72 Å². The minimum Gasteiger partial charge on any atom is -0.351 e. The van der Waals surface area contributed by atoms with E-state index in [1.54, 1.807) is 26.0 Å². The van der Waals surface area contributed by atoms with Crippen LogP contribution in [0.3, 0.4) is 0 Å². The smallest absolute Gasteiger partial charge is 0.351 e. The van der Waals surface area contributed by atoms with Gasteiger partial charge in [0.05, 0.1) is 5.69 Å². The van der Waals surface area contributed by atoms with Gasteiger partial charge >= 0.3 is 6.18 Å². The molecule has 0 fully saturated rings. The van der Waals surface area contributed by atoms with E-state index in [-0.39, 0.29) is 21.8 Å². The maximum absolute atomic E-state index is 12.9. The number of benzene rings is 1. The molecule has 0 saturated carbocycles. The van der Waals surface area contributed by atoms with Gasteiger partial charge in [-0.15, -0.1) is 11.3 Å². The van der Waals surface area contributed by atoms with Crippen LogP contribution in [-0.2, 0) is 16.2 Å². The highest BCUT2D eigenvalue weighted by Gasteiger charge is 2.37. The number of thiophene rings is 1. The molecule has 3 aromatic rings. The molecule has 0 aliphatic carbocycles. The number of alkyl halides is 3. The topological polar surface area (TPSA) is 72.2 Å². The lowest BCUT2D eigenvalue weighted by atomic mass is 10.1. The number of nitrogens with zero attached hydrogens (tertiary/aromatic N) is 1. The van der Waals surface area contributed by atoms with Crippen LogP contribution in [-0.4, -0.2) is 13.6 Å². The quantitative estimate of drug-likeness (QED) is 0.586. The number of hydrogen-bond donors (Lipinski definition) is 1. The summed E-state index contributed by atoms with van der Waals surface area (Å²) in [6, 6.07) is 6.77. The Morgan fingerprint density at radius 3 is 2.48 bits per heavy atom. The lowest BCUT2D eigenvalue weighted by Crippen LogP contribution is -2.14. The highest BCUT2D eigenvalue weighted by molar-refractivity contribution is 7.93. The third-order valence-corrected chi connectivity index (χ3v) is 6.53. The van der Waals surface area contributed by atoms with Crippen LogP contribution in [0.2, 0.25) is 5.02 Å². The summed E-state index contributed by atoms with van der Waals surface area (Å²) in [5.74, 6) is -1.30. The zero-order valence-electron chi connectivity index (χ0n) is 13.9. The van der Waals surface area contributed by atoms with Crippen LogP contribution in [0.25, 0.3) is 11.3 Å². The van der Waals surface area contributed by atoms with Crippen LogP contribution in [0.4, 0.5) is 18.9 Å². The van der Waals surface area contributed by atoms with Crippen molar-refractivity contribution in [3.05, 3.63) is 50.9 Å². The molecule has 0 radical (unpaired) electrons. The Kier molecular flexibility index (Phi) is 5.00. The van der Waals surface area contributed by atoms with Crippen LogP contribution in [0.5, 0.6) is 0 Å². The molecule has 144 valence electrons. The second kappa shape index (κ2) is 6.84. The zero-order chi connectivity index (χ0) is 20.0. The van der Waals surface area contributed by atoms with Gasteiger partial charge in [-0.25, -0.2) is 8.42 Å². The van der Waals surface area contributed by atoms with Gasteiger partial charge in [-0.1, -0.05) is 22.8 Å². The van der Waals surface area contributed by atoms with Crippen molar-refractivity contribution in [2.24, 2.45) is 0 Å². The van der Waals surface area contributed by atoms with E-state index in [0.717, 1.165) is 11.3 Å². The van der Waals surface area contributed by atoms with E-state index in [0.29, 0.717) is 20.8 Å². The van der Waals surface area contributed by atoms with E-state index in [1.165, 1.54) is 12.1 Å². The number of aromatic nitrogens is 1. The molecule has 0 bridgehead atoms. The first kappa shape index (κ1) is 19.7. The van der Waals surface area contributed by atoms with Crippen molar-refractivity contribution in [2.75, 3.05) is 4.72 Å². The Morgan fingerprint density at radius 2 is 1.89 bits per heavy atom. The van der Waals surface area contributed by atoms with Gasteiger partial charge < -0.3 is 4.52 Å². The summed E-state index contributed by atoms with van der Waals surface area (Å²) in [5.41, 5.74) is 0.106. The Bertz CT molecular complexity index is 1100. The summed E-state index contributed by atoms with van der Waals surface area (Å²) in [7, 11) is -4.11. The van der Waals surface area contributed by atoms with Crippen molar-refractivity contribution < 1.29 is 26.1 Å². The standard InChI is InChI=1S/C16H12ClF3N2O3S2/c1-8-14(12-7-13(25-21-12)16(18,19)20)15(9(2)26-8)27(23,24)22-11-5-3-4-10(17)6-11/h3-7,22H,1-2H3. The van der Waals surface area contributed by atoms with Gasteiger partial charge in [0, 0.05) is 26.4 Å². The minimum atomic E-state index is -4.72. The fraction of sp³-hybridized carbons (Fsp3) is 0.188. The van der Waals surface area contributed by atoms with Crippen molar-refractivity contribution in [3.63, 3.8) is 0 Å². The number of aryl methyl sites for hydroxylation is 2. The second-order valence-electron chi connectivity index (χ2n) is 5.61. The van der Waals surface area contributed by atoms with Gasteiger partial charge in [0.1, 0.15) is 10.6 Å². The molecule has 11 heteroatoms. The molecule has 0 atom stereocenters. The Labute approximate surface area is 161 Å². The molecular weight excluding hydrogens is 425 g/mol. The van der Waals surface area contributed by atoms with Gasteiger partial charge in [0.25, 0.3) is 10.0 Å². The van der Waals surface area contributed by atoms with Gasteiger partial charge in [0.15, 0.2) is 0 Å². The summed E-state index contributed by atoms with van der Waals surface area (Å²) in [5, 5.41) is 3.75. The molecule has 1 N–H and O–H groups in total. The molecule has 3 rings (SSSR count). The number of rotatable bonds is 4. The second-order valence-corrected chi connectivity index (χ2v) is 9.09. The molecule has 1 aromatic carbocycles. The number of sulfonamides is 1. The first-order chi connectivity index (χ1) is 12.5. The molecule has 2 aromatic heterocycles. The lowest BCUT2D eigenvalue weighted by Gasteiger charge is -2.10. The van der Waals surface area contributed by atoms with Crippen LogP contribution >= 0.6 is 22.9 Å². The summed E-state index contributed by atoms with van der Waals surface area (Å²) in [6.07, 6.45) is -4.72. The number of halogens is 4. The van der Waals surface area contributed by atoms with E-state index in [4.69, 9.17) is 11.6 Å². The first-order valence-corrected chi connectivity index (χ1v) is 10.1. The third-order valence-electron chi connectivity index (χ3n) is 3.60. The van der Waals surface area contributed by atoms with Crippen LogP contribution < -0.4 is 4.72 Å². The minimum absolute atomic E-state index is 0.0753. The van der Waals surface area contributed by atoms with E-state index >= 15 is 0 Å². The maximum Gasteiger partial charge on any atom is 0.452 e. The van der Waals surface area contributed by atoms with Crippen molar-refractivity contribution in [3.8, 4) is 11.3 Å². The maximum atomic E-state index is 12.9. The van der Waals surface area contributed by atoms with E-state index in [9.17, 15) is 21.6 Å². The van der Waals surface area contributed by atoms with Crippen molar-refractivity contribution in [1.29, 1.82) is 0 Å². The number of anilines is 1. The molecule has 0 aliphatic heterocycles. The lowest BCUT2D eigenvalue weighted by molar-refractivity contribution is -0.155. The Morgan fingerprint density at radius 1 is 1.19 bits per heavy atom. The predicted molar refractivity (Wildman–Crippen MR) is 96.6 cm³/mol. The fourth-order valence-corrected chi connectivity index (χ4v) is 5.68. The highest BCUT2D eigenvalue weighted by atomic mass is 35.5. The first-order valence-electron chi connectivity index (χ1n) is 7.41. The largest absolute Gasteiger partial charge is 0.452 e. The van der Waals surface area contributed by atoms with Gasteiger partial charge in [-0.2, -0.15) is 13.2 Å². The van der Waals surface area contributed by atoms with Crippen molar-refractivity contribution in [1.82, 2.24) is 5.16 Å². The molecule has 0 spiro atoms. The van der Waals surface area contributed by atoms with E-state index in [2.05, 4.69) is 14.4 Å². The summed E-state index contributed by atoms with van der Waals surface area (Å²) in [6.45, 7) is 3.17. The van der Waals surface area contributed by atoms with Gasteiger partial charge in [-0.05, 0) is 32.0 Å². The average Bonchev–Trinajstić information content (AvgIpc) is 3.10. The molecule has 2 heterocycles. The fourth-order valence-electron chi connectivity index (χ4n) is 2.57. The number of hydrogen-bond acceptors (Lipinski definition) is 5. The van der Waals surface area contributed by atoms with E-state index < -0.39 is 22.0 Å². The predicted octanol–water partition coefficient (Wildman–Crippen LogP) is 5.49. The summed E-state index contributed by atoms with van der Waals surface area (Å²) >= 11 is 7.01. The third kappa shape index (κ3) is 3.97. The number of nitrogens with one attached hydrogen (secondary N) is 1. The molecule has 0 unspecified atom stereocenters. The molecule has 0 saturated heterocycles. The average molecular weight is 437 g/mol. The van der Waals surface area contributed by atoms with Crippen LogP contribution in [0.1, 0.15) is 15.5 Å². The highest BCUT2D eigenvalue weighted by Crippen LogP contribution is 2.41. The van der Waals surface area contributed by atoms with E-state index in [1.807, 2.05) is 0 Å². The normalized spacial score (nSPS) is 12.4. The molecule has 5 nitrogen and oxygen atoms in total.